The first-order valence-electron chi connectivity index (χ1n) is 7.69. The summed E-state index contributed by atoms with van der Waals surface area (Å²) in [6, 6.07) is 6.06. The molecule has 0 spiro atoms. The van der Waals surface area contributed by atoms with Crippen LogP contribution in [0.4, 0.5) is 4.39 Å². The van der Waals surface area contributed by atoms with Crippen molar-refractivity contribution in [1.82, 2.24) is 25.2 Å². The van der Waals surface area contributed by atoms with Crippen LogP contribution in [-0.2, 0) is 22.7 Å². The van der Waals surface area contributed by atoms with E-state index >= 15 is 0 Å². The smallest absolute Gasteiger partial charge is 0.241 e. The molecule has 0 saturated carbocycles. The molecule has 0 unspecified atom stereocenters. The first-order chi connectivity index (χ1) is 12.0. The van der Waals surface area contributed by atoms with E-state index < -0.39 is 5.82 Å². The zero-order valence-electron chi connectivity index (χ0n) is 14.1. The topological polar surface area (TPSA) is 89.4 Å². The van der Waals surface area contributed by atoms with Gasteiger partial charge in [0.2, 0.25) is 11.8 Å². The van der Waals surface area contributed by atoms with Crippen LogP contribution in [0.3, 0.4) is 0 Å². The third-order valence-corrected chi connectivity index (χ3v) is 3.26. The maximum Gasteiger partial charge on any atom is 0.241 e. The largest absolute Gasteiger partial charge is 0.484 e. The zero-order valence-corrected chi connectivity index (χ0v) is 14.1. The summed E-state index contributed by atoms with van der Waals surface area (Å²) in [5, 5.41) is 10.3. The van der Waals surface area contributed by atoms with Gasteiger partial charge in [-0.2, -0.15) is 0 Å². The van der Waals surface area contributed by atoms with E-state index in [0.29, 0.717) is 5.69 Å². The number of nitrogens with zero attached hydrogens (tertiary/aromatic N) is 4. The van der Waals surface area contributed by atoms with Crippen LogP contribution in [-0.4, -0.2) is 52.3 Å². The number of aromatic nitrogens is 3. The molecule has 1 aromatic carbocycles. The number of amides is 2. The van der Waals surface area contributed by atoms with Crippen molar-refractivity contribution in [2.75, 3.05) is 20.6 Å². The molecule has 1 aromatic heterocycles. The first kappa shape index (κ1) is 18.4. The van der Waals surface area contributed by atoms with Crippen LogP contribution in [0.2, 0.25) is 0 Å². The summed E-state index contributed by atoms with van der Waals surface area (Å²) in [7, 11) is 3.31. The lowest BCUT2D eigenvalue weighted by Gasteiger charge is -2.10. The lowest BCUT2D eigenvalue weighted by Crippen LogP contribution is -2.32. The Labute approximate surface area is 144 Å². The summed E-state index contributed by atoms with van der Waals surface area (Å²) in [5.74, 6) is -0.673. The summed E-state index contributed by atoms with van der Waals surface area (Å²) in [4.78, 5) is 24.7. The van der Waals surface area contributed by atoms with E-state index in [2.05, 4.69) is 15.6 Å². The normalized spacial score (nSPS) is 10.4. The molecule has 134 valence electrons. The van der Waals surface area contributed by atoms with Crippen molar-refractivity contribution in [3.05, 3.63) is 42.0 Å². The maximum absolute atomic E-state index is 13.4. The second-order valence-corrected chi connectivity index (χ2v) is 5.51. The SMILES string of the molecule is CN(C)C(=O)CCNC(=O)Cn1cc(COc2ccccc2F)nn1. The zero-order chi connectivity index (χ0) is 18.2. The van der Waals surface area contributed by atoms with Gasteiger partial charge >= 0.3 is 0 Å². The number of hydrogen-bond donors (Lipinski definition) is 1. The van der Waals surface area contributed by atoms with Gasteiger partial charge in [-0.1, -0.05) is 17.3 Å². The first-order valence-corrected chi connectivity index (χ1v) is 7.69. The van der Waals surface area contributed by atoms with Crippen molar-refractivity contribution in [2.24, 2.45) is 0 Å². The standard InChI is InChI=1S/C16H20FN5O3/c1-21(2)16(24)7-8-18-15(23)10-22-9-12(19-20-22)11-25-14-6-4-3-5-13(14)17/h3-6,9H,7-8,10-11H2,1-2H3,(H,18,23). The summed E-state index contributed by atoms with van der Waals surface area (Å²) in [5.41, 5.74) is 0.471. The minimum absolute atomic E-state index is 0.0249. The minimum atomic E-state index is -0.457. The van der Waals surface area contributed by atoms with Gasteiger partial charge in [-0.25, -0.2) is 9.07 Å². The molecule has 0 atom stereocenters. The van der Waals surface area contributed by atoms with E-state index in [1.807, 2.05) is 0 Å². The summed E-state index contributed by atoms with van der Waals surface area (Å²) < 4.78 is 20.1. The van der Waals surface area contributed by atoms with Crippen LogP contribution in [0.25, 0.3) is 0 Å². The summed E-state index contributed by atoms with van der Waals surface area (Å²) in [6.07, 6.45) is 1.78. The highest BCUT2D eigenvalue weighted by atomic mass is 19.1. The van der Waals surface area contributed by atoms with Gasteiger partial charge in [0, 0.05) is 27.1 Å². The van der Waals surface area contributed by atoms with Gasteiger partial charge in [0.15, 0.2) is 11.6 Å². The number of ether oxygens (including phenoxy) is 1. The molecule has 0 aliphatic heterocycles. The van der Waals surface area contributed by atoms with E-state index in [9.17, 15) is 14.0 Å². The molecule has 2 rings (SSSR count). The Balaban J connectivity index is 1.76. The quantitative estimate of drug-likeness (QED) is 0.753. The van der Waals surface area contributed by atoms with Crippen LogP contribution in [0.15, 0.2) is 30.5 Å². The number of rotatable bonds is 8. The van der Waals surface area contributed by atoms with Gasteiger partial charge in [0.1, 0.15) is 18.8 Å². The molecule has 8 nitrogen and oxygen atoms in total. The average Bonchev–Trinajstić information content (AvgIpc) is 3.01. The van der Waals surface area contributed by atoms with Crippen LogP contribution < -0.4 is 10.1 Å². The Hall–Kier alpha value is -2.97. The van der Waals surface area contributed by atoms with Gasteiger partial charge in [-0.15, -0.1) is 5.10 Å². The molecule has 2 amide bonds. The van der Waals surface area contributed by atoms with E-state index in [1.165, 1.54) is 21.7 Å². The lowest BCUT2D eigenvalue weighted by molar-refractivity contribution is -0.128. The van der Waals surface area contributed by atoms with Crippen LogP contribution in [0, 0.1) is 5.82 Å². The van der Waals surface area contributed by atoms with Gasteiger partial charge in [-0.05, 0) is 12.1 Å². The van der Waals surface area contributed by atoms with Gasteiger partial charge in [0.25, 0.3) is 0 Å². The Morgan fingerprint density at radius 1 is 1.32 bits per heavy atom. The van der Waals surface area contributed by atoms with Crippen molar-refractivity contribution in [3.8, 4) is 5.75 Å². The number of hydrogen-bond acceptors (Lipinski definition) is 5. The molecule has 0 fully saturated rings. The molecule has 0 aliphatic rings. The fourth-order valence-corrected chi connectivity index (χ4v) is 1.93. The molecular weight excluding hydrogens is 329 g/mol. The van der Waals surface area contributed by atoms with E-state index in [-0.39, 0.29) is 43.7 Å². The average molecular weight is 349 g/mol. The van der Waals surface area contributed by atoms with E-state index in [4.69, 9.17) is 4.74 Å². The number of benzene rings is 1. The number of nitrogens with one attached hydrogen (secondary N) is 1. The third kappa shape index (κ3) is 5.87. The highest BCUT2D eigenvalue weighted by Gasteiger charge is 2.09. The molecule has 25 heavy (non-hydrogen) atoms. The molecule has 9 heteroatoms. The van der Waals surface area contributed by atoms with Crippen LogP contribution >= 0.6 is 0 Å². The number of carbonyl (C=O) groups excluding carboxylic acids is 2. The van der Waals surface area contributed by atoms with Crippen LogP contribution in [0.1, 0.15) is 12.1 Å². The fraction of sp³-hybridized carbons (Fsp3) is 0.375. The molecule has 0 aliphatic carbocycles. The Morgan fingerprint density at radius 3 is 2.80 bits per heavy atom. The Morgan fingerprint density at radius 2 is 2.08 bits per heavy atom. The molecule has 0 saturated heterocycles. The van der Waals surface area contributed by atoms with Crippen LogP contribution in [0.5, 0.6) is 5.75 Å². The van der Waals surface area contributed by atoms with E-state index in [1.54, 1.807) is 32.4 Å². The summed E-state index contributed by atoms with van der Waals surface area (Å²) in [6.45, 7) is 0.274. The second kappa shape index (κ2) is 8.76. The number of halogens is 1. The predicted molar refractivity (Wildman–Crippen MR) is 87.1 cm³/mol. The highest BCUT2D eigenvalue weighted by Crippen LogP contribution is 2.16. The molecule has 0 bridgehead atoms. The molecule has 1 N–H and O–H groups in total. The molecule has 0 radical (unpaired) electrons. The maximum atomic E-state index is 13.4. The number of para-hydroxylation sites is 1. The second-order valence-electron chi connectivity index (χ2n) is 5.51. The predicted octanol–water partition coefficient (Wildman–Crippen LogP) is 0.591. The van der Waals surface area contributed by atoms with E-state index in [0.717, 1.165) is 0 Å². The molecule has 2 aromatic rings. The van der Waals surface area contributed by atoms with Crippen molar-refractivity contribution < 1.29 is 18.7 Å². The fourth-order valence-electron chi connectivity index (χ4n) is 1.93. The monoisotopic (exact) mass is 349 g/mol. The van der Waals surface area contributed by atoms with Crippen molar-refractivity contribution in [3.63, 3.8) is 0 Å². The molecule has 1 heterocycles. The number of carbonyl (C=O) groups is 2. The van der Waals surface area contributed by atoms with Crippen molar-refractivity contribution >= 4 is 11.8 Å². The van der Waals surface area contributed by atoms with Gasteiger partial charge in [-0.3, -0.25) is 9.59 Å². The lowest BCUT2D eigenvalue weighted by atomic mass is 10.3. The van der Waals surface area contributed by atoms with Gasteiger partial charge in [0.05, 0.1) is 6.20 Å². The van der Waals surface area contributed by atoms with Gasteiger partial charge < -0.3 is 15.0 Å². The molecular formula is C16H20FN5O3. The Bertz CT molecular complexity index is 732. The summed E-state index contributed by atoms with van der Waals surface area (Å²) >= 11 is 0. The highest BCUT2D eigenvalue weighted by molar-refractivity contribution is 5.78. The third-order valence-electron chi connectivity index (χ3n) is 3.26. The minimum Gasteiger partial charge on any atom is -0.484 e. The Kier molecular flexibility index (Phi) is 6.44. The van der Waals surface area contributed by atoms with Crippen molar-refractivity contribution in [2.45, 2.75) is 19.6 Å². The van der Waals surface area contributed by atoms with Crippen molar-refractivity contribution in [1.29, 1.82) is 0 Å².